The molecule has 1 atom stereocenters. The molecule has 0 radical (unpaired) electrons. The fourth-order valence-electron chi connectivity index (χ4n) is 3.63. The Kier molecular flexibility index (Phi) is 4.02. The number of carboxylic acids is 1. The standard InChI is InChI=1S/C18H16F2N4O2/c19-10-1-4-15-14(6-17(25)26)13-3-2-12(5-16(13)24(15)9-10)23-18-21-7-11(20)8-22-18/h1,4,7-9,12H,2-3,5-6H2,(H,25,26)(H,21,22,23). The van der Waals surface area contributed by atoms with Gasteiger partial charge in [-0.2, -0.15) is 0 Å². The average molecular weight is 358 g/mol. The van der Waals surface area contributed by atoms with Crippen molar-refractivity contribution < 1.29 is 18.7 Å². The van der Waals surface area contributed by atoms with E-state index in [1.165, 1.54) is 12.3 Å². The van der Waals surface area contributed by atoms with E-state index in [-0.39, 0.29) is 18.3 Å². The summed E-state index contributed by atoms with van der Waals surface area (Å²) < 4.78 is 28.4. The van der Waals surface area contributed by atoms with Crippen LogP contribution in [0, 0.1) is 11.6 Å². The molecule has 0 saturated heterocycles. The number of fused-ring (bicyclic) bond motifs is 3. The van der Waals surface area contributed by atoms with Gasteiger partial charge in [-0.1, -0.05) is 0 Å². The highest BCUT2D eigenvalue weighted by Gasteiger charge is 2.27. The highest BCUT2D eigenvalue weighted by molar-refractivity contribution is 5.77. The molecule has 8 heteroatoms. The molecule has 0 saturated carbocycles. The van der Waals surface area contributed by atoms with Gasteiger partial charge in [-0.15, -0.1) is 0 Å². The molecule has 1 unspecified atom stereocenters. The minimum absolute atomic E-state index is 0.00740. The van der Waals surface area contributed by atoms with Gasteiger partial charge in [-0.25, -0.2) is 18.7 Å². The van der Waals surface area contributed by atoms with E-state index in [4.69, 9.17) is 0 Å². The first-order valence-electron chi connectivity index (χ1n) is 8.27. The number of hydrogen-bond donors (Lipinski definition) is 2. The number of pyridine rings is 1. The third-order valence-corrected chi connectivity index (χ3v) is 4.69. The Bertz CT molecular complexity index is 985. The van der Waals surface area contributed by atoms with Crippen LogP contribution >= 0.6 is 0 Å². The molecule has 0 bridgehead atoms. The number of nitrogens with one attached hydrogen (secondary N) is 1. The number of hydrogen-bond acceptors (Lipinski definition) is 4. The Balaban J connectivity index is 1.69. The van der Waals surface area contributed by atoms with Crippen molar-refractivity contribution in [2.24, 2.45) is 0 Å². The topological polar surface area (TPSA) is 79.5 Å². The third kappa shape index (κ3) is 2.98. The number of nitrogens with zero attached hydrogens (tertiary/aromatic N) is 3. The second-order valence-electron chi connectivity index (χ2n) is 6.39. The number of anilines is 1. The molecule has 6 nitrogen and oxygen atoms in total. The van der Waals surface area contributed by atoms with Crippen molar-refractivity contribution in [2.75, 3.05) is 5.32 Å². The first kappa shape index (κ1) is 16.4. The zero-order valence-corrected chi connectivity index (χ0v) is 13.7. The summed E-state index contributed by atoms with van der Waals surface area (Å²) in [6, 6.07) is 2.96. The second-order valence-corrected chi connectivity index (χ2v) is 6.39. The van der Waals surface area contributed by atoms with Crippen LogP contribution in [0.25, 0.3) is 5.52 Å². The van der Waals surface area contributed by atoms with Crippen LogP contribution in [-0.2, 0) is 24.1 Å². The van der Waals surface area contributed by atoms with E-state index >= 15 is 0 Å². The number of carboxylic acid groups (broad SMARTS) is 1. The van der Waals surface area contributed by atoms with Gasteiger partial charge in [-0.05, 0) is 36.1 Å². The van der Waals surface area contributed by atoms with Gasteiger partial charge >= 0.3 is 5.97 Å². The molecule has 0 aliphatic heterocycles. The Morgan fingerprint density at radius 3 is 2.77 bits per heavy atom. The maximum Gasteiger partial charge on any atom is 0.307 e. The molecule has 0 amide bonds. The predicted molar refractivity (Wildman–Crippen MR) is 90.1 cm³/mol. The summed E-state index contributed by atoms with van der Waals surface area (Å²) in [6.45, 7) is 0. The van der Waals surface area contributed by atoms with Crippen LogP contribution in [0.3, 0.4) is 0 Å². The van der Waals surface area contributed by atoms with Gasteiger partial charge in [0, 0.05) is 29.9 Å². The summed E-state index contributed by atoms with van der Waals surface area (Å²) in [6.07, 6.45) is 5.47. The minimum atomic E-state index is -0.912. The summed E-state index contributed by atoms with van der Waals surface area (Å²) in [7, 11) is 0. The maximum absolute atomic E-state index is 13.8. The van der Waals surface area contributed by atoms with E-state index in [0.29, 0.717) is 18.8 Å². The predicted octanol–water partition coefficient (Wildman–Crippen LogP) is 2.60. The van der Waals surface area contributed by atoms with Gasteiger partial charge in [-0.3, -0.25) is 4.79 Å². The van der Waals surface area contributed by atoms with Crippen LogP contribution in [0.4, 0.5) is 14.7 Å². The van der Waals surface area contributed by atoms with Gasteiger partial charge < -0.3 is 14.8 Å². The minimum Gasteiger partial charge on any atom is -0.481 e. The van der Waals surface area contributed by atoms with Crippen molar-refractivity contribution in [1.29, 1.82) is 0 Å². The number of aliphatic carboxylic acids is 1. The summed E-state index contributed by atoms with van der Waals surface area (Å²) in [4.78, 5) is 19.1. The SMILES string of the molecule is O=C(O)Cc1c2c(n3cc(F)ccc13)CC(Nc1ncc(F)cn1)CC2. The van der Waals surface area contributed by atoms with Crippen LogP contribution in [0.15, 0.2) is 30.7 Å². The van der Waals surface area contributed by atoms with Crippen molar-refractivity contribution in [3.05, 3.63) is 59.2 Å². The maximum atomic E-state index is 13.8. The summed E-state index contributed by atoms with van der Waals surface area (Å²) in [5.41, 5.74) is 3.32. The van der Waals surface area contributed by atoms with Gasteiger partial charge in [0.05, 0.1) is 18.8 Å². The van der Waals surface area contributed by atoms with Crippen molar-refractivity contribution >= 4 is 17.4 Å². The lowest BCUT2D eigenvalue weighted by Gasteiger charge is -2.24. The van der Waals surface area contributed by atoms with Gasteiger partial charge in [0.1, 0.15) is 5.82 Å². The molecule has 1 aliphatic rings. The van der Waals surface area contributed by atoms with Crippen molar-refractivity contribution in [3.63, 3.8) is 0 Å². The first-order valence-corrected chi connectivity index (χ1v) is 8.27. The molecule has 1 aliphatic carbocycles. The molecule has 3 aromatic rings. The van der Waals surface area contributed by atoms with E-state index in [1.54, 1.807) is 10.5 Å². The van der Waals surface area contributed by atoms with Gasteiger partial charge in [0.25, 0.3) is 0 Å². The lowest BCUT2D eigenvalue weighted by atomic mass is 9.90. The quantitative estimate of drug-likeness (QED) is 0.749. The third-order valence-electron chi connectivity index (χ3n) is 4.69. The molecule has 0 spiro atoms. The summed E-state index contributed by atoms with van der Waals surface area (Å²) >= 11 is 0. The average Bonchev–Trinajstić information content (AvgIpc) is 2.89. The summed E-state index contributed by atoms with van der Waals surface area (Å²) in [5.74, 6) is -1.47. The Morgan fingerprint density at radius 1 is 1.27 bits per heavy atom. The van der Waals surface area contributed by atoms with Crippen LogP contribution < -0.4 is 5.32 Å². The smallest absolute Gasteiger partial charge is 0.307 e. The van der Waals surface area contributed by atoms with Crippen LogP contribution in [-0.4, -0.2) is 31.5 Å². The first-order chi connectivity index (χ1) is 12.5. The number of halogens is 2. The van der Waals surface area contributed by atoms with E-state index < -0.39 is 11.8 Å². The molecule has 4 rings (SSSR count). The summed E-state index contributed by atoms with van der Waals surface area (Å²) in [5, 5.41) is 12.4. The van der Waals surface area contributed by atoms with E-state index in [1.807, 2.05) is 0 Å². The fourth-order valence-corrected chi connectivity index (χ4v) is 3.63. The van der Waals surface area contributed by atoms with Crippen molar-refractivity contribution in [3.8, 4) is 0 Å². The zero-order valence-electron chi connectivity index (χ0n) is 13.7. The lowest BCUT2D eigenvalue weighted by Crippen LogP contribution is -2.29. The van der Waals surface area contributed by atoms with Crippen molar-refractivity contribution in [2.45, 2.75) is 31.7 Å². The monoisotopic (exact) mass is 358 g/mol. The van der Waals surface area contributed by atoms with Gasteiger partial charge in [0.2, 0.25) is 5.95 Å². The highest BCUT2D eigenvalue weighted by atomic mass is 19.1. The number of carbonyl (C=O) groups is 1. The Labute approximate surface area is 147 Å². The largest absolute Gasteiger partial charge is 0.481 e. The van der Waals surface area contributed by atoms with E-state index in [0.717, 1.165) is 41.2 Å². The van der Waals surface area contributed by atoms with Crippen LogP contribution in [0.1, 0.15) is 23.2 Å². The van der Waals surface area contributed by atoms with Crippen LogP contribution in [0.5, 0.6) is 0 Å². The molecular formula is C18H16F2N4O2. The number of aromatic nitrogens is 3. The molecule has 0 fully saturated rings. The van der Waals surface area contributed by atoms with Crippen LogP contribution in [0.2, 0.25) is 0 Å². The normalized spacial score (nSPS) is 16.5. The molecule has 134 valence electrons. The molecule has 0 aromatic carbocycles. The molecule has 3 aromatic heterocycles. The van der Waals surface area contributed by atoms with E-state index in [2.05, 4.69) is 15.3 Å². The second kappa shape index (κ2) is 6.36. The molecule has 3 heterocycles. The molecule has 26 heavy (non-hydrogen) atoms. The highest BCUT2D eigenvalue weighted by Crippen LogP contribution is 2.32. The molecule has 2 N–H and O–H groups in total. The Hall–Kier alpha value is -3.03. The molecular weight excluding hydrogens is 342 g/mol. The number of rotatable bonds is 4. The Morgan fingerprint density at radius 2 is 2.04 bits per heavy atom. The van der Waals surface area contributed by atoms with Gasteiger partial charge in [0.15, 0.2) is 5.82 Å². The lowest BCUT2D eigenvalue weighted by molar-refractivity contribution is -0.136. The zero-order chi connectivity index (χ0) is 18.3. The van der Waals surface area contributed by atoms with Crippen molar-refractivity contribution in [1.82, 2.24) is 14.4 Å². The van der Waals surface area contributed by atoms with E-state index in [9.17, 15) is 18.7 Å². The fraction of sp³-hybridized carbons (Fsp3) is 0.278.